The Balaban J connectivity index is 0.0000151. The Labute approximate surface area is 329 Å². The van der Waals surface area contributed by atoms with Gasteiger partial charge in [0.1, 0.15) is 7.60 Å². The van der Waals surface area contributed by atoms with Crippen molar-refractivity contribution in [2.75, 3.05) is 77.7 Å². The molecule has 0 radical (unpaired) electrons. The third-order valence-corrected chi connectivity index (χ3v) is 10.6. The Bertz CT molecular complexity index is 1270. The Hall–Kier alpha value is -2.91. The zero-order valence-corrected chi connectivity index (χ0v) is 33.9. The summed E-state index contributed by atoms with van der Waals surface area (Å²) in [6.45, 7) is 12.4. The highest BCUT2D eigenvalue weighted by molar-refractivity contribution is 7.52. The quantitative estimate of drug-likeness (QED) is 0.0714. The summed E-state index contributed by atoms with van der Waals surface area (Å²) >= 11 is 0. The van der Waals surface area contributed by atoms with Crippen molar-refractivity contribution < 1.29 is 47.4 Å². The molecule has 15 nitrogen and oxygen atoms in total. The Kier molecular flexibility index (Phi) is 25.9. The first-order valence-corrected chi connectivity index (χ1v) is 21.2. The Morgan fingerprint density at radius 2 is 1.24 bits per heavy atom. The van der Waals surface area contributed by atoms with Crippen LogP contribution in [0, 0.1) is 5.92 Å². The molecule has 4 amide bonds. The van der Waals surface area contributed by atoms with Gasteiger partial charge in [0.05, 0.1) is 45.1 Å². The first kappa shape index (κ1) is 50.1. The highest BCUT2D eigenvalue weighted by Gasteiger charge is 2.31. The van der Waals surface area contributed by atoms with E-state index in [4.69, 9.17) is 18.7 Å². The number of carbonyl (C=O) groups excluding carboxylic acids is 4. The van der Waals surface area contributed by atoms with Crippen LogP contribution in [0.25, 0.3) is 0 Å². The van der Waals surface area contributed by atoms with Gasteiger partial charge < -0.3 is 49.5 Å². The van der Waals surface area contributed by atoms with Gasteiger partial charge in [-0.3, -0.25) is 24.1 Å². The fraction of sp³-hybridized carbons (Fsp3) is 0.744. The minimum atomic E-state index is -3.93. The molecule has 2 atom stereocenters. The van der Waals surface area contributed by atoms with Gasteiger partial charge in [-0.15, -0.1) is 0 Å². The topological polar surface area (TPSA) is 197 Å². The molecule has 0 bridgehead atoms. The Morgan fingerprint density at radius 3 is 1.69 bits per heavy atom. The predicted molar refractivity (Wildman–Crippen MR) is 213 cm³/mol. The van der Waals surface area contributed by atoms with Crippen LogP contribution in [0.15, 0.2) is 24.3 Å². The summed E-state index contributed by atoms with van der Waals surface area (Å²) < 4.78 is 34.1. The summed E-state index contributed by atoms with van der Waals surface area (Å²) in [5.41, 5.74) is 0.734. The lowest BCUT2D eigenvalue weighted by Crippen LogP contribution is -2.54. The first-order chi connectivity index (χ1) is 25.9. The van der Waals surface area contributed by atoms with Gasteiger partial charge in [-0.05, 0) is 69.1 Å². The molecular weight excluding hydrogens is 729 g/mol. The second-order valence-electron chi connectivity index (χ2n) is 13.9. The average Bonchev–Trinajstić information content (AvgIpc) is 3.14. The second kappa shape index (κ2) is 28.5. The van der Waals surface area contributed by atoms with E-state index in [1.54, 1.807) is 43.0 Å². The summed E-state index contributed by atoms with van der Waals surface area (Å²) in [6.07, 6.45) is 4.33. The average molecular weight is 799 g/mol. The lowest BCUT2D eigenvalue weighted by atomic mass is 9.87. The van der Waals surface area contributed by atoms with E-state index in [0.717, 1.165) is 24.8 Å². The van der Waals surface area contributed by atoms with E-state index in [2.05, 4.69) is 21.3 Å². The van der Waals surface area contributed by atoms with Gasteiger partial charge in [-0.1, -0.05) is 54.2 Å². The van der Waals surface area contributed by atoms with Crippen molar-refractivity contribution in [2.45, 2.75) is 111 Å². The van der Waals surface area contributed by atoms with Gasteiger partial charge in [-0.2, -0.15) is 0 Å². The van der Waals surface area contributed by atoms with Crippen molar-refractivity contribution in [1.82, 2.24) is 20.9 Å². The van der Waals surface area contributed by atoms with E-state index in [-0.39, 0.29) is 63.0 Å². The summed E-state index contributed by atoms with van der Waals surface area (Å²) in [7, 11) is -3.93. The number of hydrogen-bond donors (Lipinski definition) is 4. The van der Waals surface area contributed by atoms with Crippen molar-refractivity contribution >= 4 is 36.9 Å². The molecule has 316 valence electrons. The molecule has 0 aliphatic heterocycles. The summed E-state index contributed by atoms with van der Waals surface area (Å²) in [6, 6.07) is 6.22. The van der Waals surface area contributed by atoms with E-state index < -0.39 is 25.4 Å². The fourth-order valence-corrected chi connectivity index (χ4v) is 6.59. The standard InChI is InChI=1S/C38H66N5O10P.CH4/c1-6-20-50-23-17-39-35(44)27-43(28-36(45)40-18-24-51-21-7-2)34(38(47)41-19-25-52-22-8-3)26-30-9-13-32(14-10-30)42-37(46)31-11-15-33(16-12-31)53-54(48,49)29(4)5;/h9-10,13-14,29,31,33-34H,6-8,11-12,15-28H2,1-5H3,(H,39,44)(H,40,45)(H,41,47)(H,42,46)(H,48,49);1H4/p-1. The molecule has 0 heterocycles. The minimum Gasteiger partial charge on any atom is -0.778 e. The van der Waals surface area contributed by atoms with Gasteiger partial charge in [0.2, 0.25) is 23.6 Å². The zero-order chi connectivity index (χ0) is 39.8. The molecule has 2 rings (SSSR count). The number of nitrogens with one attached hydrogen (secondary N) is 4. The maximum absolute atomic E-state index is 13.8. The van der Waals surface area contributed by atoms with Crippen LogP contribution in [-0.4, -0.2) is 119 Å². The van der Waals surface area contributed by atoms with Crippen LogP contribution in [0.1, 0.15) is 92.6 Å². The third kappa shape index (κ3) is 20.7. The van der Waals surface area contributed by atoms with Crippen LogP contribution in [0.3, 0.4) is 0 Å². The number of amides is 4. The number of nitrogens with zero attached hydrogens (tertiary/aromatic N) is 1. The smallest absolute Gasteiger partial charge is 0.237 e. The summed E-state index contributed by atoms with van der Waals surface area (Å²) in [5, 5.41) is 11.5. The van der Waals surface area contributed by atoms with Crippen molar-refractivity contribution in [3.63, 3.8) is 0 Å². The van der Waals surface area contributed by atoms with Crippen molar-refractivity contribution in [3.8, 4) is 0 Å². The van der Waals surface area contributed by atoms with Crippen molar-refractivity contribution in [1.29, 1.82) is 0 Å². The van der Waals surface area contributed by atoms with Gasteiger partial charge in [0.15, 0.2) is 0 Å². The number of ether oxygens (including phenoxy) is 3. The van der Waals surface area contributed by atoms with Gasteiger partial charge in [0.25, 0.3) is 0 Å². The second-order valence-corrected chi connectivity index (χ2v) is 16.2. The molecule has 1 aromatic carbocycles. The summed E-state index contributed by atoms with van der Waals surface area (Å²) in [5.74, 6) is -1.47. The fourth-order valence-electron chi connectivity index (χ4n) is 5.72. The van der Waals surface area contributed by atoms with E-state index in [9.17, 15) is 28.6 Å². The monoisotopic (exact) mass is 798 g/mol. The van der Waals surface area contributed by atoms with E-state index >= 15 is 0 Å². The van der Waals surface area contributed by atoms with Gasteiger partial charge in [-0.25, -0.2) is 0 Å². The van der Waals surface area contributed by atoms with Gasteiger partial charge in [0, 0.05) is 56.7 Å². The number of carbonyl (C=O) groups is 4. The molecule has 0 saturated heterocycles. The highest BCUT2D eigenvalue weighted by Crippen LogP contribution is 2.46. The molecule has 1 aromatic rings. The molecular formula is C39H69N5O10P-. The predicted octanol–water partition coefficient (Wildman–Crippen LogP) is 3.64. The molecule has 4 N–H and O–H groups in total. The van der Waals surface area contributed by atoms with Crippen LogP contribution in [0.4, 0.5) is 5.69 Å². The van der Waals surface area contributed by atoms with Crippen LogP contribution in [-0.2, 0) is 48.9 Å². The van der Waals surface area contributed by atoms with Crippen molar-refractivity contribution in [2.24, 2.45) is 5.92 Å². The van der Waals surface area contributed by atoms with E-state index in [0.29, 0.717) is 84.1 Å². The molecule has 0 spiro atoms. The third-order valence-electron chi connectivity index (χ3n) is 8.79. The van der Waals surface area contributed by atoms with E-state index in [1.807, 2.05) is 20.8 Å². The highest BCUT2D eigenvalue weighted by atomic mass is 31.2. The molecule has 0 aromatic heterocycles. The largest absolute Gasteiger partial charge is 0.778 e. The number of rotatable bonds is 28. The van der Waals surface area contributed by atoms with Crippen LogP contribution in [0.5, 0.6) is 0 Å². The normalized spacial score (nSPS) is 17.2. The zero-order valence-electron chi connectivity index (χ0n) is 33.0. The molecule has 1 aliphatic carbocycles. The first-order valence-electron chi connectivity index (χ1n) is 19.6. The Morgan fingerprint density at radius 1 is 0.764 bits per heavy atom. The summed E-state index contributed by atoms with van der Waals surface area (Å²) in [4.78, 5) is 66.8. The van der Waals surface area contributed by atoms with Crippen molar-refractivity contribution in [3.05, 3.63) is 29.8 Å². The van der Waals surface area contributed by atoms with Crippen LogP contribution in [0.2, 0.25) is 0 Å². The maximum atomic E-state index is 13.8. The van der Waals surface area contributed by atoms with Crippen LogP contribution >= 0.6 is 7.60 Å². The molecule has 16 heteroatoms. The SMILES string of the molecule is C.CCCOCCNC(=O)CN(CC(=O)NCCOCCC)C(Cc1ccc(NC(=O)C2CCC(OP(=O)([O-])C(C)C)CC2)cc1)C(=O)NCCOCCC. The number of hydrogen-bond acceptors (Lipinski definition) is 11. The molecule has 1 aliphatic rings. The molecule has 55 heavy (non-hydrogen) atoms. The minimum absolute atomic E-state index is 0. The number of anilines is 1. The maximum Gasteiger partial charge on any atom is 0.237 e. The lowest BCUT2D eigenvalue weighted by molar-refractivity contribution is -0.205. The van der Waals surface area contributed by atoms with Gasteiger partial charge >= 0.3 is 0 Å². The lowest BCUT2D eigenvalue weighted by Gasteiger charge is -2.35. The van der Waals surface area contributed by atoms with Crippen LogP contribution < -0.4 is 26.2 Å². The number of benzene rings is 1. The molecule has 1 saturated carbocycles. The molecule has 2 unspecified atom stereocenters. The molecule has 1 fully saturated rings. The van der Waals surface area contributed by atoms with E-state index in [1.165, 1.54) is 0 Å².